The minimum Gasteiger partial charge on any atom is -0.373 e. The zero-order chi connectivity index (χ0) is 11.3. The van der Waals surface area contributed by atoms with Gasteiger partial charge in [0.1, 0.15) is 6.10 Å². The Kier molecular flexibility index (Phi) is 4.76. The molecule has 0 saturated carbocycles. The summed E-state index contributed by atoms with van der Waals surface area (Å²) in [6.07, 6.45) is 9.23. The van der Waals surface area contributed by atoms with E-state index < -0.39 is 0 Å². The molecule has 0 heterocycles. The summed E-state index contributed by atoms with van der Waals surface area (Å²) < 4.78 is 5.28. The molecule has 84 valence electrons. The number of Topliss-reactive ketones (excluding diaryl/α,β-unsaturated/α-hetero) is 1. The van der Waals surface area contributed by atoms with Gasteiger partial charge in [-0.25, -0.2) is 0 Å². The third-order valence-corrected chi connectivity index (χ3v) is 2.67. The van der Waals surface area contributed by atoms with E-state index in [9.17, 15) is 4.79 Å². The van der Waals surface area contributed by atoms with Gasteiger partial charge in [0.25, 0.3) is 0 Å². The van der Waals surface area contributed by atoms with Crippen LogP contribution in [-0.4, -0.2) is 19.0 Å². The highest BCUT2D eigenvalue weighted by Gasteiger charge is 2.25. The predicted octanol–water partition coefficient (Wildman–Crippen LogP) is 2.75. The second-order valence-corrected chi connectivity index (χ2v) is 4.40. The van der Waals surface area contributed by atoms with E-state index in [1.807, 2.05) is 24.3 Å². The van der Waals surface area contributed by atoms with Crippen molar-refractivity contribution in [3.05, 3.63) is 24.3 Å². The maximum absolute atomic E-state index is 11.9. The highest BCUT2D eigenvalue weighted by molar-refractivity contribution is 5.84. The lowest BCUT2D eigenvalue weighted by Gasteiger charge is -2.18. The minimum atomic E-state index is -0.293. The van der Waals surface area contributed by atoms with Crippen molar-refractivity contribution >= 4 is 5.78 Å². The number of hydrogen-bond donors (Lipinski definition) is 0. The molecule has 2 heteroatoms. The molecule has 1 unspecified atom stereocenters. The first kappa shape index (κ1) is 12.2. The van der Waals surface area contributed by atoms with Crippen molar-refractivity contribution in [3.8, 4) is 0 Å². The lowest BCUT2D eigenvalue weighted by atomic mass is 9.95. The van der Waals surface area contributed by atoms with E-state index in [-0.39, 0.29) is 17.8 Å². The molecule has 0 bridgehead atoms. The first-order valence-electron chi connectivity index (χ1n) is 5.55. The van der Waals surface area contributed by atoms with E-state index in [4.69, 9.17) is 4.74 Å². The lowest BCUT2D eigenvalue weighted by molar-refractivity contribution is -0.130. The van der Waals surface area contributed by atoms with E-state index in [0.717, 1.165) is 6.42 Å². The highest BCUT2D eigenvalue weighted by Crippen LogP contribution is 2.19. The molecule has 1 atom stereocenters. The molecule has 0 aliphatic heterocycles. The molecule has 1 rings (SSSR count). The number of ether oxygens (including phenoxy) is 1. The number of hydrogen-bond acceptors (Lipinski definition) is 2. The number of ketones is 1. The Balaban J connectivity index is 2.47. The molecule has 15 heavy (non-hydrogen) atoms. The Morgan fingerprint density at radius 2 is 1.93 bits per heavy atom. The van der Waals surface area contributed by atoms with Gasteiger partial charge in [-0.2, -0.15) is 0 Å². The molecule has 1 aliphatic carbocycles. The summed E-state index contributed by atoms with van der Waals surface area (Å²) in [5.74, 6) is 0.920. The van der Waals surface area contributed by atoms with Gasteiger partial charge in [-0.1, -0.05) is 38.2 Å². The first-order valence-corrected chi connectivity index (χ1v) is 5.55. The second-order valence-electron chi connectivity index (χ2n) is 4.40. The van der Waals surface area contributed by atoms with Gasteiger partial charge in [-0.3, -0.25) is 4.79 Å². The van der Waals surface area contributed by atoms with Crippen LogP contribution in [0.1, 0.15) is 26.7 Å². The Morgan fingerprint density at radius 1 is 1.33 bits per heavy atom. The SMILES string of the molecule is COC(C(=O)CCC(C)C)C1C=CC=C1. The Hall–Kier alpha value is -0.890. The molecule has 2 nitrogen and oxygen atoms in total. The summed E-state index contributed by atoms with van der Waals surface area (Å²) in [6.45, 7) is 4.26. The van der Waals surface area contributed by atoms with E-state index >= 15 is 0 Å². The standard InChI is InChI=1S/C13H20O2/c1-10(2)8-9-12(14)13(15-3)11-6-4-5-7-11/h4-7,10-11,13H,8-9H2,1-3H3. The van der Waals surface area contributed by atoms with E-state index in [1.54, 1.807) is 7.11 Å². The zero-order valence-corrected chi connectivity index (χ0v) is 9.77. The maximum Gasteiger partial charge on any atom is 0.162 e. The van der Waals surface area contributed by atoms with Crippen molar-refractivity contribution < 1.29 is 9.53 Å². The fourth-order valence-corrected chi connectivity index (χ4v) is 1.73. The third-order valence-electron chi connectivity index (χ3n) is 2.67. The van der Waals surface area contributed by atoms with Crippen LogP contribution in [0.5, 0.6) is 0 Å². The quantitative estimate of drug-likeness (QED) is 0.671. The molecule has 0 radical (unpaired) electrons. The normalized spacial score (nSPS) is 17.6. The summed E-state index contributed by atoms with van der Waals surface area (Å²) in [5, 5.41) is 0. The van der Waals surface area contributed by atoms with Gasteiger partial charge in [0, 0.05) is 19.4 Å². The van der Waals surface area contributed by atoms with Crippen LogP contribution in [0.15, 0.2) is 24.3 Å². The van der Waals surface area contributed by atoms with E-state index in [1.165, 1.54) is 0 Å². The van der Waals surface area contributed by atoms with Crippen LogP contribution in [0.25, 0.3) is 0 Å². The number of carbonyl (C=O) groups is 1. The van der Waals surface area contributed by atoms with Gasteiger partial charge in [0.05, 0.1) is 0 Å². The summed E-state index contributed by atoms with van der Waals surface area (Å²) in [5.41, 5.74) is 0. The summed E-state index contributed by atoms with van der Waals surface area (Å²) >= 11 is 0. The van der Waals surface area contributed by atoms with Crippen LogP contribution in [-0.2, 0) is 9.53 Å². The second kappa shape index (κ2) is 5.86. The fourth-order valence-electron chi connectivity index (χ4n) is 1.73. The predicted molar refractivity (Wildman–Crippen MR) is 61.6 cm³/mol. The summed E-state index contributed by atoms with van der Waals surface area (Å²) in [4.78, 5) is 11.9. The largest absolute Gasteiger partial charge is 0.373 e. The molecule has 0 spiro atoms. The van der Waals surface area contributed by atoms with Gasteiger partial charge in [0.2, 0.25) is 0 Å². The van der Waals surface area contributed by atoms with Gasteiger partial charge in [-0.05, 0) is 12.3 Å². The van der Waals surface area contributed by atoms with E-state index in [2.05, 4.69) is 13.8 Å². The number of allylic oxidation sites excluding steroid dienone is 2. The van der Waals surface area contributed by atoms with Gasteiger partial charge >= 0.3 is 0 Å². The number of carbonyl (C=O) groups excluding carboxylic acids is 1. The lowest BCUT2D eigenvalue weighted by Crippen LogP contribution is -2.29. The van der Waals surface area contributed by atoms with Crippen LogP contribution in [0.2, 0.25) is 0 Å². The van der Waals surface area contributed by atoms with Gasteiger partial charge < -0.3 is 4.74 Å². The first-order chi connectivity index (χ1) is 7.15. The Labute approximate surface area is 92.0 Å². The molecule has 1 aliphatic rings. The summed E-state index contributed by atoms with van der Waals surface area (Å²) in [7, 11) is 1.61. The monoisotopic (exact) mass is 208 g/mol. The highest BCUT2D eigenvalue weighted by atomic mass is 16.5. The van der Waals surface area contributed by atoms with Crippen molar-refractivity contribution in [2.75, 3.05) is 7.11 Å². The topological polar surface area (TPSA) is 26.3 Å². The molecule has 0 N–H and O–H groups in total. The van der Waals surface area contributed by atoms with Crippen molar-refractivity contribution in [2.45, 2.75) is 32.8 Å². The smallest absolute Gasteiger partial charge is 0.162 e. The molecular formula is C13H20O2. The van der Waals surface area contributed by atoms with Gasteiger partial charge in [-0.15, -0.1) is 0 Å². The average Bonchev–Trinajstić information content (AvgIpc) is 2.69. The number of methoxy groups -OCH3 is 1. The molecule has 0 aromatic heterocycles. The van der Waals surface area contributed by atoms with E-state index in [0.29, 0.717) is 12.3 Å². The Morgan fingerprint density at radius 3 is 2.40 bits per heavy atom. The van der Waals surface area contributed by atoms with Crippen LogP contribution in [0.4, 0.5) is 0 Å². The van der Waals surface area contributed by atoms with Gasteiger partial charge in [0.15, 0.2) is 5.78 Å². The number of rotatable bonds is 6. The van der Waals surface area contributed by atoms with Crippen molar-refractivity contribution in [1.82, 2.24) is 0 Å². The van der Waals surface area contributed by atoms with Crippen LogP contribution < -0.4 is 0 Å². The molecule has 0 aromatic rings. The third kappa shape index (κ3) is 3.63. The molecular weight excluding hydrogens is 188 g/mol. The summed E-state index contributed by atoms with van der Waals surface area (Å²) in [6, 6.07) is 0. The molecule has 0 fully saturated rings. The van der Waals surface area contributed by atoms with Crippen LogP contribution in [0.3, 0.4) is 0 Å². The molecule has 0 amide bonds. The molecule has 0 saturated heterocycles. The van der Waals surface area contributed by atoms with Crippen molar-refractivity contribution in [3.63, 3.8) is 0 Å². The Bertz CT molecular complexity index is 252. The molecule has 0 aromatic carbocycles. The zero-order valence-electron chi connectivity index (χ0n) is 9.77. The maximum atomic E-state index is 11.9. The fraction of sp³-hybridized carbons (Fsp3) is 0.615. The average molecular weight is 208 g/mol. The minimum absolute atomic E-state index is 0.134. The van der Waals surface area contributed by atoms with Crippen LogP contribution in [0, 0.1) is 11.8 Å². The van der Waals surface area contributed by atoms with Crippen molar-refractivity contribution in [1.29, 1.82) is 0 Å². The van der Waals surface area contributed by atoms with Crippen LogP contribution >= 0.6 is 0 Å². The van der Waals surface area contributed by atoms with Crippen molar-refractivity contribution in [2.24, 2.45) is 11.8 Å².